The van der Waals surface area contributed by atoms with Crippen LogP contribution in [0.4, 0.5) is 0 Å². The van der Waals surface area contributed by atoms with Crippen molar-refractivity contribution < 1.29 is 34.2 Å². The smallest absolute Gasteiger partial charge is 0.326 e. The van der Waals surface area contributed by atoms with Crippen molar-refractivity contribution >= 4 is 29.7 Å². The van der Waals surface area contributed by atoms with E-state index in [1.807, 2.05) is 0 Å². The molecular weight excluding hydrogens is 412 g/mol. The van der Waals surface area contributed by atoms with Gasteiger partial charge in [0, 0.05) is 0 Å². The van der Waals surface area contributed by atoms with Gasteiger partial charge in [-0.1, -0.05) is 0 Å². The van der Waals surface area contributed by atoms with E-state index in [2.05, 4.69) is 16.0 Å². The topological polar surface area (TPSA) is 240 Å². The first-order valence-corrected chi connectivity index (χ1v) is 10.1. The Balaban J connectivity index is 4.81. The number of carbonyl (C=O) groups is 5. The highest BCUT2D eigenvalue weighted by atomic mass is 16.4. The molecule has 0 heterocycles. The molecule has 0 aliphatic heterocycles. The lowest BCUT2D eigenvalue weighted by Crippen LogP contribution is -2.53. The van der Waals surface area contributed by atoms with Gasteiger partial charge in [0.15, 0.2) is 0 Å². The maximum Gasteiger partial charge on any atom is 0.326 e. The van der Waals surface area contributed by atoms with Gasteiger partial charge in [-0.25, -0.2) is 4.79 Å². The Kier molecular flexibility index (Phi) is 14.6. The van der Waals surface area contributed by atoms with E-state index in [-0.39, 0.29) is 12.8 Å². The molecule has 0 aromatic heterocycles. The number of rotatable bonds is 17. The van der Waals surface area contributed by atoms with Gasteiger partial charge in [0.1, 0.15) is 12.1 Å². The fraction of sp³-hybridized carbons (Fsp3) is 0.722. The molecule has 0 spiro atoms. The first kappa shape index (κ1) is 28.2. The highest BCUT2D eigenvalue weighted by molar-refractivity contribution is 5.93. The fourth-order valence-electron chi connectivity index (χ4n) is 2.61. The van der Waals surface area contributed by atoms with Gasteiger partial charge in [-0.05, 0) is 51.6 Å². The Hall–Kier alpha value is -2.77. The zero-order valence-corrected chi connectivity index (χ0v) is 17.5. The van der Waals surface area contributed by atoms with Crippen molar-refractivity contribution in [3.8, 4) is 0 Å². The number of carboxylic acids is 2. The molecule has 3 atom stereocenters. The summed E-state index contributed by atoms with van der Waals surface area (Å²) in [6.07, 6.45) is 2.02. The molecule has 31 heavy (non-hydrogen) atoms. The van der Waals surface area contributed by atoms with E-state index in [9.17, 15) is 29.1 Å². The molecule has 178 valence electrons. The first-order chi connectivity index (χ1) is 14.6. The van der Waals surface area contributed by atoms with Gasteiger partial charge < -0.3 is 43.4 Å². The predicted octanol–water partition coefficient (Wildman–Crippen LogP) is -2.78. The maximum absolute atomic E-state index is 12.4. The van der Waals surface area contributed by atoms with E-state index in [0.29, 0.717) is 38.8 Å². The molecular formula is C18H34N6O7. The molecule has 13 heteroatoms. The number of unbranched alkanes of at least 4 members (excludes halogenated alkanes) is 2. The minimum atomic E-state index is -1.34. The third-order valence-electron chi connectivity index (χ3n) is 4.31. The van der Waals surface area contributed by atoms with Crippen molar-refractivity contribution in [2.45, 2.75) is 63.1 Å². The van der Waals surface area contributed by atoms with Gasteiger partial charge >= 0.3 is 11.9 Å². The Bertz CT molecular complexity index is 616. The van der Waals surface area contributed by atoms with Gasteiger partial charge in [-0.15, -0.1) is 0 Å². The number of aliphatic carboxylic acids is 2. The molecule has 3 amide bonds. The number of carbonyl (C=O) groups excluding carboxylic acids is 3. The molecule has 0 fully saturated rings. The van der Waals surface area contributed by atoms with E-state index < -0.39 is 60.8 Å². The highest BCUT2D eigenvalue weighted by Crippen LogP contribution is 2.03. The van der Waals surface area contributed by atoms with E-state index in [0.717, 1.165) is 0 Å². The van der Waals surface area contributed by atoms with Gasteiger partial charge in [0.2, 0.25) is 17.7 Å². The van der Waals surface area contributed by atoms with Gasteiger partial charge in [0.05, 0.1) is 19.0 Å². The number of nitrogens with two attached hydrogens (primary N) is 3. The van der Waals surface area contributed by atoms with Gasteiger partial charge in [-0.3, -0.25) is 19.2 Å². The lowest BCUT2D eigenvalue weighted by Gasteiger charge is -2.20. The molecule has 0 aliphatic carbocycles. The van der Waals surface area contributed by atoms with Gasteiger partial charge in [0.25, 0.3) is 0 Å². The van der Waals surface area contributed by atoms with Crippen molar-refractivity contribution in [1.29, 1.82) is 0 Å². The van der Waals surface area contributed by atoms with Crippen LogP contribution in [0.5, 0.6) is 0 Å². The van der Waals surface area contributed by atoms with Crippen LogP contribution in [-0.2, 0) is 24.0 Å². The second-order valence-electron chi connectivity index (χ2n) is 7.01. The molecule has 11 N–H and O–H groups in total. The van der Waals surface area contributed by atoms with Crippen LogP contribution < -0.4 is 33.2 Å². The second kappa shape index (κ2) is 16.0. The monoisotopic (exact) mass is 446 g/mol. The molecule has 0 aromatic carbocycles. The van der Waals surface area contributed by atoms with Crippen molar-refractivity contribution in [3.63, 3.8) is 0 Å². The zero-order chi connectivity index (χ0) is 23.8. The first-order valence-electron chi connectivity index (χ1n) is 10.1. The van der Waals surface area contributed by atoms with Gasteiger partial charge in [-0.2, -0.15) is 0 Å². The number of hydrogen-bond acceptors (Lipinski definition) is 8. The third-order valence-corrected chi connectivity index (χ3v) is 4.31. The van der Waals surface area contributed by atoms with Crippen molar-refractivity contribution in [1.82, 2.24) is 16.0 Å². The van der Waals surface area contributed by atoms with Crippen LogP contribution in [-0.4, -0.2) is 77.6 Å². The van der Waals surface area contributed by atoms with E-state index >= 15 is 0 Å². The fourth-order valence-corrected chi connectivity index (χ4v) is 2.61. The summed E-state index contributed by atoms with van der Waals surface area (Å²) in [5, 5.41) is 24.9. The molecule has 0 aromatic rings. The summed E-state index contributed by atoms with van der Waals surface area (Å²) in [6, 6.07) is -3.49. The number of carboxylic acid groups (broad SMARTS) is 2. The lowest BCUT2D eigenvalue weighted by atomic mass is 10.1. The zero-order valence-electron chi connectivity index (χ0n) is 17.5. The molecule has 3 unspecified atom stereocenters. The summed E-state index contributed by atoms with van der Waals surface area (Å²) in [6.45, 7) is 0.289. The quantitative estimate of drug-likeness (QED) is 0.107. The molecule has 13 nitrogen and oxygen atoms in total. The molecule has 0 radical (unpaired) electrons. The molecule has 0 bridgehead atoms. The summed E-state index contributed by atoms with van der Waals surface area (Å²) in [5.74, 6) is -4.66. The Morgan fingerprint density at radius 3 is 1.81 bits per heavy atom. The Labute approximate surface area is 180 Å². The molecule has 0 rings (SSSR count). The number of nitrogens with one attached hydrogen (secondary N) is 3. The normalized spacial score (nSPS) is 13.5. The summed E-state index contributed by atoms with van der Waals surface area (Å²) in [5.41, 5.74) is 16.3. The summed E-state index contributed by atoms with van der Waals surface area (Å²) in [7, 11) is 0. The van der Waals surface area contributed by atoms with Crippen LogP contribution in [0.2, 0.25) is 0 Å². The average molecular weight is 447 g/mol. The van der Waals surface area contributed by atoms with Crippen molar-refractivity contribution in [3.05, 3.63) is 0 Å². The van der Waals surface area contributed by atoms with Crippen molar-refractivity contribution in [2.24, 2.45) is 17.2 Å². The second-order valence-corrected chi connectivity index (χ2v) is 7.01. The lowest BCUT2D eigenvalue weighted by molar-refractivity contribution is -0.142. The maximum atomic E-state index is 12.4. The number of hydrogen-bond donors (Lipinski definition) is 8. The van der Waals surface area contributed by atoms with Crippen LogP contribution >= 0.6 is 0 Å². The Morgan fingerprint density at radius 2 is 1.32 bits per heavy atom. The van der Waals surface area contributed by atoms with Crippen LogP contribution in [0.25, 0.3) is 0 Å². The van der Waals surface area contributed by atoms with E-state index in [1.165, 1.54) is 0 Å². The third kappa shape index (κ3) is 13.2. The van der Waals surface area contributed by atoms with Crippen molar-refractivity contribution in [2.75, 3.05) is 19.6 Å². The minimum absolute atomic E-state index is 0.200. The van der Waals surface area contributed by atoms with Crippen LogP contribution in [0, 0.1) is 0 Å². The van der Waals surface area contributed by atoms with Crippen LogP contribution in [0.15, 0.2) is 0 Å². The average Bonchev–Trinajstić information content (AvgIpc) is 2.69. The summed E-state index contributed by atoms with van der Waals surface area (Å²) >= 11 is 0. The Morgan fingerprint density at radius 1 is 0.774 bits per heavy atom. The van der Waals surface area contributed by atoms with E-state index in [4.69, 9.17) is 22.3 Å². The largest absolute Gasteiger partial charge is 0.481 e. The van der Waals surface area contributed by atoms with E-state index in [1.54, 1.807) is 0 Å². The molecule has 0 saturated carbocycles. The summed E-state index contributed by atoms with van der Waals surface area (Å²) < 4.78 is 0. The van der Waals surface area contributed by atoms with Crippen LogP contribution in [0.3, 0.4) is 0 Å². The van der Waals surface area contributed by atoms with Crippen LogP contribution in [0.1, 0.15) is 44.9 Å². The SMILES string of the molecule is NCCCCC(NC(=O)CNC(=O)C(CCCCN)NC(=O)C(N)CC(=O)O)C(=O)O. The minimum Gasteiger partial charge on any atom is -0.481 e. The highest BCUT2D eigenvalue weighted by Gasteiger charge is 2.25. The summed E-state index contributed by atoms with van der Waals surface area (Å²) in [4.78, 5) is 58.4. The standard InChI is InChI=1S/C18H34N6O7/c19-7-3-1-5-12(24-16(28)11(21)9-15(26)27)17(29)22-10-14(25)23-13(18(30)31)6-2-4-8-20/h11-13H,1-10,19-21H2,(H,22,29)(H,23,25)(H,24,28)(H,26,27)(H,30,31). The molecule has 0 saturated heterocycles. The molecule has 0 aliphatic rings. The predicted molar refractivity (Wildman–Crippen MR) is 111 cm³/mol. The number of amides is 3.